The summed E-state index contributed by atoms with van der Waals surface area (Å²) in [6.45, 7) is -0.0150. The van der Waals surface area contributed by atoms with E-state index in [1.165, 1.54) is 0 Å². The number of rotatable bonds is 6. The molecule has 1 fully saturated rings. The molecule has 1 aromatic carbocycles. The maximum atomic E-state index is 12.8. The Kier molecular flexibility index (Phi) is 7.97. The summed E-state index contributed by atoms with van der Waals surface area (Å²) in [4.78, 5) is 23.6. The topological polar surface area (TPSA) is 102 Å². The van der Waals surface area contributed by atoms with Gasteiger partial charge in [-0.25, -0.2) is 13.2 Å². The largest absolute Gasteiger partial charge is 0.449 e. The first-order valence-corrected chi connectivity index (χ1v) is 10.6. The van der Waals surface area contributed by atoms with Crippen LogP contribution in [0.25, 0.3) is 0 Å². The minimum absolute atomic E-state index is 0.0808. The van der Waals surface area contributed by atoms with E-state index in [-0.39, 0.29) is 36.3 Å². The second-order valence-corrected chi connectivity index (χ2v) is 8.88. The lowest BCUT2D eigenvalue weighted by Crippen LogP contribution is -2.41. The van der Waals surface area contributed by atoms with Gasteiger partial charge in [-0.1, -0.05) is 23.2 Å². The van der Waals surface area contributed by atoms with Gasteiger partial charge in [0, 0.05) is 13.1 Å². The highest BCUT2D eigenvalue weighted by molar-refractivity contribution is 7.89. The normalized spacial score (nSPS) is 16.7. The molecule has 1 N–H and O–H groups in total. The highest BCUT2D eigenvalue weighted by atomic mass is 35.5. The first kappa shape index (κ1) is 24.7. The number of benzene rings is 1. The average molecular weight is 493 g/mol. The molecule has 0 saturated carbocycles. The Bertz CT molecular complexity index is 920. The fourth-order valence-corrected chi connectivity index (χ4v) is 4.65. The molecular formula is C16H17Cl2F3N2O6S. The lowest BCUT2D eigenvalue weighted by Gasteiger charge is -2.26. The number of hydrogen-bond acceptors (Lipinski definition) is 6. The van der Waals surface area contributed by atoms with E-state index in [0.29, 0.717) is 0 Å². The third-order valence-electron chi connectivity index (χ3n) is 3.95. The highest BCUT2D eigenvalue weighted by Crippen LogP contribution is 2.31. The minimum atomic E-state index is -4.64. The maximum absolute atomic E-state index is 12.8. The number of ether oxygens (including phenoxy) is 2. The number of hydrogen-bond donors (Lipinski definition) is 1. The molecule has 0 radical (unpaired) electrons. The fourth-order valence-electron chi connectivity index (χ4n) is 2.42. The summed E-state index contributed by atoms with van der Waals surface area (Å²) in [6.07, 6.45) is -6.23. The summed E-state index contributed by atoms with van der Waals surface area (Å²) in [5, 5.41) is 1.08. The van der Waals surface area contributed by atoms with Crippen LogP contribution in [0.5, 0.6) is 0 Å². The maximum Gasteiger partial charge on any atom is 0.405 e. The number of halogens is 5. The van der Waals surface area contributed by atoms with E-state index in [1.807, 2.05) is 0 Å². The summed E-state index contributed by atoms with van der Waals surface area (Å²) in [7, 11) is -4.08. The first-order valence-electron chi connectivity index (χ1n) is 8.45. The summed E-state index contributed by atoms with van der Waals surface area (Å²) in [5.41, 5.74) is -0.414. The molecule has 2 rings (SSSR count). The molecule has 1 aliphatic heterocycles. The first-order chi connectivity index (χ1) is 13.8. The van der Waals surface area contributed by atoms with Crippen LogP contribution in [-0.4, -0.2) is 69.7 Å². The fraction of sp³-hybridized carbons (Fsp3) is 0.500. The number of nitrogens with zero attached hydrogens (tertiary/aromatic N) is 1. The molecular weight excluding hydrogens is 476 g/mol. The van der Waals surface area contributed by atoms with Crippen molar-refractivity contribution in [2.75, 3.05) is 32.8 Å². The van der Waals surface area contributed by atoms with Crippen LogP contribution in [0.3, 0.4) is 0 Å². The highest BCUT2D eigenvalue weighted by Gasteiger charge is 2.32. The van der Waals surface area contributed by atoms with Gasteiger partial charge in [0.1, 0.15) is 11.4 Å². The van der Waals surface area contributed by atoms with E-state index in [4.69, 9.17) is 32.7 Å². The summed E-state index contributed by atoms with van der Waals surface area (Å²) < 4.78 is 73.3. The van der Waals surface area contributed by atoms with Crippen molar-refractivity contribution in [1.29, 1.82) is 0 Å². The van der Waals surface area contributed by atoms with Gasteiger partial charge in [0.25, 0.3) is 5.91 Å². The number of esters is 1. The van der Waals surface area contributed by atoms with Crippen LogP contribution >= 0.6 is 23.2 Å². The van der Waals surface area contributed by atoms with Crippen molar-refractivity contribution in [2.45, 2.75) is 24.1 Å². The number of amides is 1. The van der Waals surface area contributed by atoms with Gasteiger partial charge in [-0.2, -0.15) is 17.5 Å². The van der Waals surface area contributed by atoms with Crippen molar-refractivity contribution in [2.24, 2.45) is 0 Å². The van der Waals surface area contributed by atoms with E-state index in [1.54, 1.807) is 5.32 Å². The van der Waals surface area contributed by atoms with E-state index in [9.17, 15) is 31.2 Å². The Morgan fingerprint density at radius 2 is 1.83 bits per heavy atom. The zero-order valence-electron chi connectivity index (χ0n) is 15.5. The molecule has 1 heterocycles. The van der Waals surface area contributed by atoms with Gasteiger partial charge in [-0.15, -0.1) is 0 Å². The summed E-state index contributed by atoms with van der Waals surface area (Å²) in [6, 6.07) is 1.93. The number of sulfonamides is 1. The van der Waals surface area contributed by atoms with E-state index in [2.05, 4.69) is 0 Å². The van der Waals surface area contributed by atoms with Gasteiger partial charge >= 0.3 is 12.1 Å². The Morgan fingerprint density at radius 3 is 2.40 bits per heavy atom. The van der Waals surface area contributed by atoms with E-state index >= 15 is 0 Å². The minimum Gasteiger partial charge on any atom is -0.449 e. The molecule has 1 amide bonds. The van der Waals surface area contributed by atoms with Gasteiger partial charge < -0.3 is 14.8 Å². The van der Waals surface area contributed by atoms with Crippen LogP contribution in [-0.2, 0) is 24.3 Å². The van der Waals surface area contributed by atoms with Crippen molar-refractivity contribution in [3.63, 3.8) is 0 Å². The predicted molar refractivity (Wildman–Crippen MR) is 100.0 cm³/mol. The Labute approximate surface area is 180 Å². The van der Waals surface area contributed by atoms with Crippen molar-refractivity contribution in [1.82, 2.24) is 9.62 Å². The lowest BCUT2D eigenvalue weighted by molar-refractivity contribution is -0.143. The van der Waals surface area contributed by atoms with Crippen molar-refractivity contribution in [3.8, 4) is 0 Å². The number of carbonyl (C=O) groups is 2. The van der Waals surface area contributed by atoms with Crippen LogP contribution in [0.1, 0.15) is 17.3 Å². The Hall–Kier alpha value is -1.60. The standard InChI is InChI=1S/C16H17Cl2F3N2O6S/c1-9(14(24)22-8-16(19,20)21)29-15(25)10-6-13(12(18)7-11(10)17)30(26,27)23-2-4-28-5-3-23/h6-7,9H,2-5,8H2,1H3,(H,22,24). The molecule has 1 saturated heterocycles. The summed E-state index contributed by atoms with van der Waals surface area (Å²) in [5.74, 6) is -2.39. The van der Waals surface area contributed by atoms with Crippen LogP contribution in [0, 0.1) is 0 Å². The lowest BCUT2D eigenvalue weighted by atomic mass is 10.2. The van der Waals surface area contributed by atoms with Crippen LogP contribution in [0.2, 0.25) is 10.0 Å². The van der Waals surface area contributed by atoms with Gasteiger partial charge in [-0.05, 0) is 19.1 Å². The SMILES string of the molecule is CC(OC(=O)c1cc(S(=O)(=O)N2CCOCC2)c(Cl)cc1Cl)C(=O)NCC(F)(F)F. The van der Waals surface area contributed by atoms with Crippen molar-refractivity contribution >= 4 is 45.1 Å². The number of morpholine rings is 1. The Morgan fingerprint density at radius 1 is 1.23 bits per heavy atom. The van der Waals surface area contributed by atoms with Gasteiger partial charge in [0.2, 0.25) is 10.0 Å². The smallest absolute Gasteiger partial charge is 0.405 e. The monoisotopic (exact) mass is 492 g/mol. The molecule has 1 atom stereocenters. The van der Waals surface area contributed by atoms with Crippen molar-refractivity contribution in [3.05, 3.63) is 27.7 Å². The van der Waals surface area contributed by atoms with Gasteiger partial charge in [0.05, 0.1) is 28.8 Å². The Balaban J connectivity index is 2.22. The van der Waals surface area contributed by atoms with Crippen LogP contribution < -0.4 is 5.32 Å². The van der Waals surface area contributed by atoms with Crippen molar-refractivity contribution < 1.29 is 40.7 Å². The van der Waals surface area contributed by atoms with Crippen LogP contribution in [0.4, 0.5) is 13.2 Å². The molecule has 0 spiro atoms. The molecule has 0 aliphatic carbocycles. The molecule has 1 aromatic rings. The number of carbonyl (C=O) groups excluding carboxylic acids is 2. The second kappa shape index (κ2) is 9.69. The average Bonchev–Trinajstić information content (AvgIpc) is 2.65. The summed E-state index contributed by atoms with van der Waals surface area (Å²) >= 11 is 12.0. The zero-order chi connectivity index (χ0) is 22.7. The third kappa shape index (κ3) is 6.20. The third-order valence-corrected chi connectivity index (χ3v) is 6.62. The molecule has 1 unspecified atom stereocenters. The van der Waals surface area contributed by atoms with Gasteiger partial charge in [0.15, 0.2) is 6.10 Å². The number of alkyl halides is 3. The molecule has 168 valence electrons. The molecule has 8 nitrogen and oxygen atoms in total. The van der Waals surface area contributed by atoms with Crippen LogP contribution in [0.15, 0.2) is 17.0 Å². The molecule has 0 aromatic heterocycles. The quantitative estimate of drug-likeness (QED) is 0.611. The molecule has 1 aliphatic rings. The predicted octanol–water partition coefficient (Wildman–Crippen LogP) is 2.24. The molecule has 14 heteroatoms. The number of nitrogens with one attached hydrogen (secondary N) is 1. The molecule has 0 bridgehead atoms. The zero-order valence-corrected chi connectivity index (χ0v) is 17.8. The van der Waals surface area contributed by atoms with E-state index in [0.717, 1.165) is 23.4 Å². The van der Waals surface area contributed by atoms with Gasteiger partial charge in [-0.3, -0.25) is 4.79 Å². The second-order valence-electron chi connectivity index (χ2n) is 6.16. The molecule has 30 heavy (non-hydrogen) atoms. The van der Waals surface area contributed by atoms with E-state index < -0.39 is 51.2 Å².